The predicted molar refractivity (Wildman–Crippen MR) is 99.1 cm³/mol. The number of allylic oxidation sites excluding steroid dienone is 1. The van der Waals surface area contributed by atoms with Crippen molar-refractivity contribution in [3.05, 3.63) is 53.6 Å². The van der Waals surface area contributed by atoms with Gasteiger partial charge in [0, 0.05) is 0 Å². The predicted octanol–water partition coefficient (Wildman–Crippen LogP) is 1.63. The van der Waals surface area contributed by atoms with E-state index in [0.29, 0.717) is 17.1 Å². The van der Waals surface area contributed by atoms with Crippen LogP contribution in [0.3, 0.4) is 0 Å². The molecule has 0 aromatic heterocycles. The minimum Gasteiger partial charge on any atom is -0.303 e. The van der Waals surface area contributed by atoms with E-state index in [1.54, 1.807) is 20.3 Å². The number of hydrogen-bond acceptors (Lipinski definition) is 4. The topological polar surface area (TPSA) is 120 Å². The summed E-state index contributed by atoms with van der Waals surface area (Å²) in [4.78, 5) is 21.6. The smallest absolute Gasteiger partial charge is 0.303 e. The molecule has 2 aromatic rings. The molecule has 2 aromatic carbocycles. The van der Waals surface area contributed by atoms with Crippen molar-refractivity contribution in [1.29, 1.82) is 5.26 Å². The summed E-state index contributed by atoms with van der Waals surface area (Å²) < 4.78 is 20.7. The van der Waals surface area contributed by atoms with Crippen molar-refractivity contribution in [3.63, 3.8) is 0 Å². The van der Waals surface area contributed by atoms with Crippen LogP contribution in [-0.4, -0.2) is 56.8 Å². The van der Waals surface area contributed by atoms with Gasteiger partial charge in [0.2, 0.25) is 0 Å². The van der Waals surface area contributed by atoms with Gasteiger partial charge in [0.25, 0.3) is 0 Å². The van der Waals surface area contributed by atoms with Crippen LogP contribution in [0.5, 0.6) is 11.5 Å². The van der Waals surface area contributed by atoms with Crippen molar-refractivity contribution in [1.82, 2.24) is 0 Å². The third-order valence-electron chi connectivity index (χ3n) is 3.20. The summed E-state index contributed by atoms with van der Waals surface area (Å²) in [7, 11) is -1.46. The number of nitrogens with zero attached hydrogens (tertiary/aromatic N) is 1. The summed E-state index contributed by atoms with van der Waals surface area (Å²) in [6.45, 7) is 0. The summed E-state index contributed by atoms with van der Waals surface area (Å²) in [6, 6.07) is 15.9. The van der Waals surface area contributed by atoms with E-state index >= 15 is 0 Å². The van der Waals surface area contributed by atoms with E-state index in [4.69, 9.17) is 28.7 Å². The molecule has 0 unspecified atom stereocenters. The SMILES string of the molecule is COc1ccc(C(C#N)=Cc2cc[c]([Na])cc2)cc1OC.O=P(O)(O)O. The molecule has 0 radical (unpaired) electrons. The second-order valence-corrected chi connectivity index (χ2v) is 7.34. The molecular formula is C17H17NNaO6P. The van der Waals surface area contributed by atoms with Gasteiger partial charge in [0.1, 0.15) is 0 Å². The van der Waals surface area contributed by atoms with Crippen LogP contribution in [0.25, 0.3) is 11.6 Å². The first-order valence-corrected chi connectivity index (χ1v) is 9.93. The first-order valence-electron chi connectivity index (χ1n) is 7.37. The second kappa shape index (κ2) is 10.5. The Morgan fingerprint density at radius 2 is 1.62 bits per heavy atom. The number of hydrogen-bond donors (Lipinski definition) is 3. The number of methoxy groups -OCH3 is 2. The van der Waals surface area contributed by atoms with E-state index in [1.165, 1.54) is 2.81 Å². The van der Waals surface area contributed by atoms with Crippen LogP contribution >= 0.6 is 7.82 Å². The van der Waals surface area contributed by atoms with Gasteiger partial charge < -0.3 is 14.7 Å². The zero-order valence-corrected chi connectivity index (χ0v) is 17.5. The third-order valence-corrected chi connectivity index (χ3v) is 3.87. The molecule has 0 spiro atoms. The van der Waals surface area contributed by atoms with Crippen molar-refractivity contribution in [2.45, 2.75) is 0 Å². The third kappa shape index (κ3) is 8.17. The van der Waals surface area contributed by atoms with Gasteiger partial charge in [0.15, 0.2) is 0 Å². The molecule has 0 fully saturated rings. The molecule has 7 nitrogen and oxygen atoms in total. The van der Waals surface area contributed by atoms with Crippen LogP contribution in [-0.2, 0) is 4.57 Å². The van der Waals surface area contributed by atoms with Crippen molar-refractivity contribution < 1.29 is 28.7 Å². The average molecular weight is 385 g/mol. The normalized spacial score (nSPS) is 11.1. The summed E-state index contributed by atoms with van der Waals surface area (Å²) in [5.74, 6) is 1.27. The number of ether oxygens (including phenoxy) is 2. The van der Waals surface area contributed by atoms with Gasteiger partial charge in [-0.1, -0.05) is 0 Å². The van der Waals surface area contributed by atoms with Crippen LogP contribution in [0.4, 0.5) is 0 Å². The van der Waals surface area contributed by atoms with Crippen molar-refractivity contribution in [2.75, 3.05) is 14.2 Å². The summed E-state index contributed by atoms with van der Waals surface area (Å²) in [6.07, 6.45) is 1.88. The molecule has 0 saturated carbocycles. The number of phosphoric acid groups is 1. The van der Waals surface area contributed by atoms with E-state index in [0.717, 1.165) is 39.1 Å². The number of nitriles is 1. The van der Waals surface area contributed by atoms with E-state index in [9.17, 15) is 5.26 Å². The molecule has 132 valence electrons. The van der Waals surface area contributed by atoms with Crippen LogP contribution in [0.15, 0.2) is 42.5 Å². The minimum atomic E-state index is -4.64. The van der Waals surface area contributed by atoms with Gasteiger partial charge in [-0.3, -0.25) is 0 Å². The Balaban J connectivity index is 0.000000597. The summed E-state index contributed by atoms with van der Waals surface area (Å²) in [5.41, 5.74) is 2.42. The standard InChI is InChI=1S/C17H14NO2.Na.H3O4P/c1-19-16-9-8-14(11-17(16)20-2)15(12-18)10-13-6-4-3-5-7-13;;1-5(2,3)4/h4-11H,1-2H3;;(H3,1,2,3,4). The fraction of sp³-hybridized carbons (Fsp3) is 0.118. The fourth-order valence-corrected chi connectivity index (χ4v) is 2.35. The summed E-state index contributed by atoms with van der Waals surface area (Å²) >= 11 is 1.03. The molecule has 0 aliphatic heterocycles. The zero-order chi connectivity index (χ0) is 19.7. The molecule has 0 amide bonds. The quantitative estimate of drug-likeness (QED) is 0.317. The molecule has 0 heterocycles. The molecule has 2 rings (SSSR count). The molecule has 0 aliphatic carbocycles. The largest absolute Gasteiger partial charge is 0.466 e. The van der Waals surface area contributed by atoms with Gasteiger partial charge in [-0.25, -0.2) is 4.57 Å². The minimum absolute atomic E-state index is 0.594. The summed E-state index contributed by atoms with van der Waals surface area (Å²) in [5, 5.41) is 9.40. The number of rotatable bonds is 4. The Morgan fingerprint density at radius 1 is 1.08 bits per heavy atom. The van der Waals surface area contributed by atoms with Gasteiger partial charge in [0.05, 0.1) is 0 Å². The Labute approximate surface area is 169 Å². The van der Waals surface area contributed by atoms with Gasteiger partial charge >= 0.3 is 150 Å². The molecule has 3 N–H and O–H groups in total. The Hall–Kier alpha value is -1.62. The molecular weight excluding hydrogens is 368 g/mol. The average Bonchev–Trinajstić information content (AvgIpc) is 2.59. The maximum atomic E-state index is 9.40. The van der Waals surface area contributed by atoms with Gasteiger partial charge in [-0.15, -0.1) is 0 Å². The molecule has 0 atom stereocenters. The van der Waals surface area contributed by atoms with E-state index in [2.05, 4.69) is 18.2 Å². The van der Waals surface area contributed by atoms with E-state index < -0.39 is 7.82 Å². The molecule has 9 heteroatoms. The molecule has 26 heavy (non-hydrogen) atoms. The van der Waals surface area contributed by atoms with Crippen molar-refractivity contribution in [2.24, 2.45) is 0 Å². The molecule has 0 bridgehead atoms. The number of benzene rings is 2. The zero-order valence-electron chi connectivity index (χ0n) is 14.6. The second-order valence-electron chi connectivity index (χ2n) is 5.16. The monoisotopic (exact) mass is 385 g/mol. The van der Waals surface area contributed by atoms with Crippen LogP contribution in [0, 0.1) is 11.3 Å². The molecule has 0 aliphatic rings. The van der Waals surface area contributed by atoms with E-state index in [1.807, 2.05) is 30.3 Å². The van der Waals surface area contributed by atoms with Crippen LogP contribution < -0.4 is 12.3 Å². The maximum absolute atomic E-state index is 9.40. The maximum Gasteiger partial charge on any atom is 0.466 e. The Kier molecular flexibility index (Phi) is 9.06. The van der Waals surface area contributed by atoms with Crippen LogP contribution in [0.2, 0.25) is 0 Å². The Bertz CT molecular complexity index is 846. The van der Waals surface area contributed by atoms with Crippen molar-refractivity contribution >= 4 is 50.2 Å². The van der Waals surface area contributed by atoms with E-state index in [-0.39, 0.29) is 0 Å². The van der Waals surface area contributed by atoms with Crippen molar-refractivity contribution in [3.8, 4) is 17.6 Å². The van der Waals surface area contributed by atoms with Crippen LogP contribution in [0.1, 0.15) is 11.1 Å². The first kappa shape index (κ1) is 22.4. The van der Waals surface area contributed by atoms with Gasteiger partial charge in [-0.2, -0.15) is 0 Å². The van der Waals surface area contributed by atoms with Gasteiger partial charge in [-0.05, 0) is 0 Å². The first-order chi connectivity index (χ1) is 12.2. The Morgan fingerprint density at radius 3 is 2.08 bits per heavy atom. The fourth-order valence-electron chi connectivity index (χ4n) is 2.01. The molecule has 0 saturated heterocycles.